The van der Waals surface area contributed by atoms with E-state index in [0.29, 0.717) is 17.7 Å². The Kier molecular flexibility index (Phi) is 5.47. The molecule has 1 saturated heterocycles. The van der Waals surface area contributed by atoms with Gasteiger partial charge in [0, 0.05) is 25.2 Å². The van der Waals surface area contributed by atoms with Crippen LogP contribution >= 0.6 is 0 Å². The van der Waals surface area contributed by atoms with Crippen LogP contribution in [0.15, 0.2) is 12.4 Å². The van der Waals surface area contributed by atoms with Gasteiger partial charge in [-0.3, -0.25) is 4.79 Å². The fourth-order valence-electron chi connectivity index (χ4n) is 3.72. The summed E-state index contributed by atoms with van der Waals surface area (Å²) in [6.07, 6.45) is 11.4. The maximum Gasteiger partial charge on any atom is 0.272 e. The highest BCUT2D eigenvalue weighted by Crippen LogP contribution is 2.21. The Labute approximate surface area is 138 Å². The van der Waals surface area contributed by atoms with E-state index < -0.39 is 0 Å². The van der Waals surface area contributed by atoms with Gasteiger partial charge in [0.25, 0.3) is 5.91 Å². The third-order valence-corrected chi connectivity index (χ3v) is 5.04. The Morgan fingerprint density at radius 3 is 2.65 bits per heavy atom. The number of amides is 1. The summed E-state index contributed by atoms with van der Waals surface area (Å²) in [5.41, 5.74) is 0.519. The number of hydrogen-bond acceptors (Lipinski definition) is 4. The van der Waals surface area contributed by atoms with E-state index in [1.54, 1.807) is 0 Å². The summed E-state index contributed by atoms with van der Waals surface area (Å²) in [6, 6.07) is 2.30. The molecule has 1 saturated carbocycles. The standard InChI is InChI=1S/C18H28N4O/c1-14-7-6-10-22(12-14)18(23)16-11-17(20-13-19-16)21-15-8-4-2-3-5-9-15/h11,13-15H,2-10,12H2,1H3,(H,19,20,21). The van der Waals surface area contributed by atoms with Crippen molar-refractivity contribution in [2.45, 2.75) is 64.3 Å². The van der Waals surface area contributed by atoms with Gasteiger partial charge in [0.05, 0.1) is 0 Å². The van der Waals surface area contributed by atoms with Crippen LogP contribution in [0, 0.1) is 5.92 Å². The fourth-order valence-corrected chi connectivity index (χ4v) is 3.72. The number of likely N-dealkylation sites (tertiary alicyclic amines) is 1. The monoisotopic (exact) mass is 316 g/mol. The second-order valence-electron chi connectivity index (χ2n) is 7.12. The van der Waals surface area contributed by atoms with Crippen LogP contribution in [0.3, 0.4) is 0 Å². The largest absolute Gasteiger partial charge is 0.367 e. The summed E-state index contributed by atoms with van der Waals surface area (Å²) in [5, 5.41) is 3.51. The zero-order chi connectivity index (χ0) is 16.1. The first-order valence-corrected chi connectivity index (χ1v) is 9.10. The van der Waals surface area contributed by atoms with E-state index >= 15 is 0 Å². The molecule has 1 atom stereocenters. The smallest absolute Gasteiger partial charge is 0.272 e. The molecule has 3 rings (SSSR count). The minimum Gasteiger partial charge on any atom is -0.367 e. The van der Waals surface area contributed by atoms with Crippen LogP contribution in [0.25, 0.3) is 0 Å². The van der Waals surface area contributed by atoms with Gasteiger partial charge in [-0.25, -0.2) is 9.97 Å². The Bertz CT molecular complexity index is 526. The number of aromatic nitrogens is 2. The molecule has 2 heterocycles. The summed E-state index contributed by atoms with van der Waals surface area (Å²) >= 11 is 0. The normalized spacial score (nSPS) is 23.3. The molecule has 2 aliphatic rings. The van der Waals surface area contributed by atoms with Crippen molar-refractivity contribution in [1.29, 1.82) is 0 Å². The summed E-state index contributed by atoms with van der Waals surface area (Å²) in [4.78, 5) is 23.1. The van der Waals surface area contributed by atoms with Crippen LogP contribution in [0.1, 0.15) is 68.8 Å². The predicted molar refractivity (Wildman–Crippen MR) is 91.4 cm³/mol. The molecule has 0 radical (unpaired) electrons. The average molecular weight is 316 g/mol. The molecular formula is C18H28N4O. The van der Waals surface area contributed by atoms with Crippen molar-refractivity contribution < 1.29 is 4.79 Å². The summed E-state index contributed by atoms with van der Waals surface area (Å²) < 4.78 is 0. The number of piperidine rings is 1. The van der Waals surface area contributed by atoms with E-state index in [1.165, 1.54) is 51.3 Å². The molecule has 1 N–H and O–H groups in total. The molecule has 126 valence electrons. The first-order valence-electron chi connectivity index (χ1n) is 9.10. The van der Waals surface area contributed by atoms with Gasteiger partial charge in [0.1, 0.15) is 17.8 Å². The van der Waals surface area contributed by atoms with Crippen molar-refractivity contribution >= 4 is 11.7 Å². The van der Waals surface area contributed by atoms with Gasteiger partial charge in [0.2, 0.25) is 0 Å². The second-order valence-corrected chi connectivity index (χ2v) is 7.12. The first kappa shape index (κ1) is 16.2. The van der Waals surface area contributed by atoms with Crippen LogP contribution < -0.4 is 5.32 Å². The number of nitrogens with zero attached hydrogens (tertiary/aromatic N) is 3. The Morgan fingerprint density at radius 1 is 1.13 bits per heavy atom. The SMILES string of the molecule is CC1CCCN(C(=O)c2cc(NC3CCCCCC3)ncn2)C1. The molecule has 1 aliphatic heterocycles. The molecule has 5 heteroatoms. The third-order valence-electron chi connectivity index (χ3n) is 5.04. The zero-order valence-corrected chi connectivity index (χ0v) is 14.1. The van der Waals surface area contributed by atoms with Crippen molar-refractivity contribution in [1.82, 2.24) is 14.9 Å². The molecule has 1 aromatic heterocycles. The molecule has 1 unspecified atom stereocenters. The van der Waals surface area contributed by atoms with Gasteiger partial charge in [0.15, 0.2) is 0 Å². The van der Waals surface area contributed by atoms with Crippen molar-refractivity contribution in [2.24, 2.45) is 5.92 Å². The number of rotatable bonds is 3. The van der Waals surface area contributed by atoms with E-state index in [9.17, 15) is 4.79 Å². The van der Waals surface area contributed by atoms with Gasteiger partial charge in [-0.05, 0) is 31.6 Å². The lowest BCUT2D eigenvalue weighted by molar-refractivity contribution is 0.0677. The zero-order valence-electron chi connectivity index (χ0n) is 14.1. The maximum atomic E-state index is 12.7. The van der Waals surface area contributed by atoms with Crippen LogP contribution in [0.2, 0.25) is 0 Å². The molecule has 23 heavy (non-hydrogen) atoms. The van der Waals surface area contributed by atoms with Crippen molar-refractivity contribution in [3.63, 3.8) is 0 Å². The highest BCUT2D eigenvalue weighted by Gasteiger charge is 2.23. The molecule has 1 aliphatic carbocycles. The average Bonchev–Trinajstić information content (AvgIpc) is 2.83. The Morgan fingerprint density at radius 2 is 1.91 bits per heavy atom. The first-order chi connectivity index (χ1) is 11.2. The van der Waals surface area contributed by atoms with Crippen LogP contribution in [-0.2, 0) is 0 Å². The molecule has 2 fully saturated rings. The minimum atomic E-state index is 0.0443. The molecular weight excluding hydrogens is 288 g/mol. The number of hydrogen-bond donors (Lipinski definition) is 1. The van der Waals surface area contributed by atoms with Gasteiger partial charge in [-0.1, -0.05) is 32.6 Å². The van der Waals surface area contributed by atoms with Crippen LogP contribution in [-0.4, -0.2) is 39.9 Å². The molecule has 0 spiro atoms. The highest BCUT2D eigenvalue weighted by molar-refractivity contribution is 5.93. The predicted octanol–water partition coefficient (Wildman–Crippen LogP) is 3.48. The molecule has 0 aromatic carbocycles. The molecule has 5 nitrogen and oxygen atoms in total. The summed E-state index contributed by atoms with van der Waals surface area (Å²) in [6.45, 7) is 3.89. The third kappa shape index (κ3) is 4.43. The van der Waals surface area contributed by atoms with Crippen molar-refractivity contribution in [2.75, 3.05) is 18.4 Å². The molecule has 1 aromatic rings. The molecule has 0 bridgehead atoms. The Hall–Kier alpha value is -1.65. The van der Waals surface area contributed by atoms with Gasteiger partial charge < -0.3 is 10.2 Å². The number of nitrogens with one attached hydrogen (secondary N) is 1. The van der Waals surface area contributed by atoms with E-state index in [4.69, 9.17) is 0 Å². The summed E-state index contributed by atoms with van der Waals surface area (Å²) in [7, 11) is 0. The maximum absolute atomic E-state index is 12.7. The van der Waals surface area contributed by atoms with Crippen molar-refractivity contribution in [3.05, 3.63) is 18.1 Å². The van der Waals surface area contributed by atoms with Gasteiger partial charge in [-0.15, -0.1) is 0 Å². The Balaban J connectivity index is 1.65. The van der Waals surface area contributed by atoms with Gasteiger partial charge >= 0.3 is 0 Å². The second kappa shape index (κ2) is 7.75. The minimum absolute atomic E-state index is 0.0443. The number of carbonyl (C=O) groups excluding carboxylic acids is 1. The lowest BCUT2D eigenvalue weighted by Gasteiger charge is -2.30. The van der Waals surface area contributed by atoms with E-state index in [1.807, 2.05) is 11.0 Å². The van der Waals surface area contributed by atoms with E-state index in [-0.39, 0.29) is 5.91 Å². The van der Waals surface area contributed by atoms with Gasteiger partial charge in [-0.2, -0.15) is 0 Å². The quantitative estimate of drug-likeness (QED) is 0.867. The number of carbonyl (C=O) groups is 1. The van der Waals surface area contributed by atoms with E-state index in [2.05, 4.69) is 22.2 Å². The lowest BCUT2D eigenvalue weighted by Crippen LogP contribution is -2.39. The number of anilines is 1. The lowest BCUT2D eigenvalue weighted by atomic mass is 10.00. The van der Waals surface area contributed by atoms with Crippen molar-refractivity contribution in [3.8, 4) is 0 Å². The van der Waals surface area contributed by atoms with E-state index in [0.717, 1.165) is 25.3 Å². The molecule has 1 amide bonds. The topological polar surface area (TPSA) is 58.1 Å². The van der Waals surface area contributed by atoms with Crippen LogP contribution in [0.4, 0.5) is 5.82 Å². The summed E-state index contributed by atoms with van der Waals surface area (Å²) in [5.74, 6) is 1.42. The highest BCUT2D eigenvalue weighted by atomic mass is 16.2. The van der Waals surface area contributed by atoms with Crippen LogP contribution in [0.5, 0.6) is 0 Å². The fraction of sp³-hybridized carbons (Fsp3) is 0.722.